The number of aromatic nitrogens is 2. The molecular formula is C24H31N5O2. The Morgan fingerprint density at radius 3 is 2.74 bits per heavy atom. The Morgan fingerprint density at radius 2 is 1.94 bits per heavy atom. The third kappa shape index (κ3) is 4.29. The molecule has 31 heavy (non-hydrogen) atoms. The van der Waals surface area contributed by atoms with Gasteiger partial charge in [0.05, 0.1) is 29.2 Å². The summed E-state index contributed by atoms with van der Waals surface area (Å²) < 4.78 is 7.59. The van der Waals surface area contributed by atoms with Crippen molar-refractivity contribution in [3.8, 4) is 11.4 Å². The smallest absolute Gasteiger partial charge is 0.266 e. The zero-order valence-corrected chi connectivity index (χ0v) is 18.5. The topological polar surface area (TPSA) is 76.6 Å². The lowest BCUT2D eigenvalue weighted by molar-refractivity contribution is 0.207. The summed E-state index contributed by atoms with van der Waals surface area (Å²) in [6.07, 6.45) is 1.08. The fraction of sp³-hybridized carbons (Fsp3) is 0.417. The van der Waals surface area contributed by atoms with Crippen LogP contribution < -0.4 is 16.0 Å². The molecule has 1 saturated heterocycles. The van der Waals surface area contributed by atoms with Gasteiger partial charge in [-0.3, -0.25) is 14.3 Å². The van der Waals surface area contributed by atoms with Gasteiger partial charge in [0.25, 0.3) is 5.56 Å². The van der Waals surface area contributed by atoms with E-state index in [4.69, 9.17) is 15.5 Å². The summed E-state index contributed by atoms with van der Waals surface area (Å²) in [5, 5.41) is 0.548. The third-order valence-electron chi connectivity index (χ3n) is 6.00. The average Bonchev–Trinajstić information content (AvgIpc) is 2.98. The number of ether oxygens (including phenoxy) is 1. The number of likely N-dealkylation sites (N-methyl/N-ethyl adjacent to an activating group) is 1. The Balaban J connectivity index is 1.92. The molecule has 0 bridgehead atoms. The molecule has 7 nitrogen and oxygen atoms in total. The van der Waals surface area contributed by atoms with Crippen molar-refractivity contribution in [3.05, 3.63) is 58.6 Å². The van der Waals surface area contributed by atoms with Gasteiger partial charge < -0.3 is 15.4 Å². The van der Waals surface area contributed by atoms with Gasteiger partial charge in [-0.05, 0) is 64.2 Å². The maximum absolute atomic E-state index is 13.7. The summed E-state index contributed by atoms with van der Waals surface area (Å²) >= 11 is 0. The molecule has 7 heteroatoms. The van der Waals surface area contributed by atoms with Crippen molar-refractivity contribution in [1.29, 1.82) is 0 Å². The van der Waals surface area contributed by atoms with Gasteiger partial charge in [0.2, 0.25) is 0 Å². The summed E-state index contributed by atoms with van der Waals surface area (Å²) in [5.74, 6) is 1.38. The number of nitrogens with zero attached hydrogens (tertiary/aromatic N) is 4. The minimum absolute atomic E-state index is 0.0419. The van der Waals surface area contributed by atoms with Gasteiger partial charge in [0.15, 0.2) is 0 Å². The highest BCUT2D eigenvalue weighted by atomic mass is 16.5. The van der Waals surface area contributed by atoms with Gasteiger partial charge in [-0.1, -0.05) is 12.1 Å². The molecule has 1 aliphatic rings. The van der Waals surface area contributed by atoms with E-state index >= 15 is 0 Å². The SMILES string of the molecule is CCOc1ccccc1-n1c(C(C)N2CCCN(C)CC2)nc2cc(N)ccc2c1=O. The standard InChI is InChI=1S/C24H31N5O2/c1-4-31-22-9-6-5-8-21(22)29-23(17(2)28-13-7-12-27(3)14-15-28)26-20-16-18(25)10-11-19(20)24(29)30/h5-6,8-11,16-17H,4,7,12-15,25H2,1-3H3. The lowest BCUT2D eigenvalue weighted by Crippen LogP contribution is -2.35. The van der Waals surface area contributed by atoms with Gasteiger partial charge in [0.1, 0.15) is 11.6 Å². The van der Waals surface area contributed by atoms with E-state index in [-0.39, 0.29) is 11.6 Å². The molecular weight excluding hydrogens is 390 g/mol. The number of fused-ring (bicyclic) bond motifs is 1. The van der Waals surface area contributed by atoms with Crippen LogP contribution in [0, 0.1) is 0 Å². The van der Waals surface area contributed by atoms with E-state index in [0.29, 0.717) is 34.8 Å². The fourth-order valence-electron chi connectivity index (χ4n) is 4.27. The van der Waals surface area contributed by atoms with Gasteiger partial charge >= 0.3 is 0 Å². The second-order valence-electron chi connectivity index (χ2n) is 8.16. The van der Waals surface area contributed by atoms with Crippen LogP contribution in [-0.2, 0) is 0 Å². The molecule has 0 saturated carbocycles. The Bertz CT molecular complexity index is 1130. The van der Waals surface area contributed by atoms with Gasteiger partial charge in [-0.2, -0.15) is 0 Å². The van der Waals surface area contributed by atoms with Crippen LogP contribution in [-0.4, -0.2) is 59.2 Å². The minimum Gasteiger partial charge on any atom is -0.492 e. The molecule has 1 unspecified atom stereocenters. The first kappa shape index (κ1) is 21.3. The van der Waals surface area contributed by atoms with Crippen LogP contribution in [0.25, 0.3) is 16.6 Å². The largest absolute Gasteiger partial charge is 0.492 e. The lowest BCUT2D eigenvalue weighted by Gasteiger charge is -2.29. The normalized spacial score (nSPS) is 16.9. The molecule has 3 aromatic rings. The number of nitrogens with two attached hydrogens (primary N) is 1. The molecule has 1 aromatic heterocycles. The predicted molar refractivity (Wildman–Crippen MR) is 125 cm³/mol. The van der Waals surface area contributed by atoms with Crippen molar-refractivity contribution in [2.24, 2.45) is 0 Å². The highest BCUT2D eigenvalue weighted by Crippen LogP contribution is 2.28. The number of nitrogen functional groups attached to an aromatic ring is 1. The van der Waals surface area contributed by atoms with E-state index in [1.165, 1.54) is 0 Å². The van der Waals surface area contributed by atoms with Crippen LogP contribution in [0.3, 0.4) is 0 Å². The lowest BCUT2D eigenvalue weighted by atomic mass is 10.1. The van der Waals surface area contributed by atoms with Gasteiger partial charge in [-0.25, -0.2) is 4.98 Å². The highest BCUT2D eigenvalue weighted by Gasteiger charge is 2.25. The Morgan fingerprint density at radius 1 is 1.13 bits per heavy atom. The van der Waals surface area contributed by atoms with Crippen LogP contribution in [0.15, 0.2) is 47.3 Å². The fourth-order valence-corrected chi connectivity index (χ4v) is 4.27. The number of benzene rings is 2. The molecule has 2 N–H and O–H groups in total. The monoisotopic (exact) mass is 421 g/mol. The first-order valence-electron chi connectivity index (χ1n) is 11.0. The molecule has 1 fully saturated rings. The maximum Gasteiger partial charge on any atom is 0.266 e. The van der Waals surface area contributed by atoms with E-state index in [1.54, 1.807) is 22.8 Å². The number of para-hydroxylation sites is 2. The van der Waals surface area contributed by atoms with Crippen molar-refractivity contribution in [1.82, 2.24) is 19.4 Å². The zero-order valence-electron chi connectivity index (χ0n) is 18.5. The number of hydrogen-bond acceptors (Lipinski definition) is 6. The first-order valence-corrected chi connectivity index (χ1v) is 11.0. The van der Waals surface area contributed by atoms with Gasteiger partial charge in [-0.15, -0.1) is 0 Å². The minimum atomic E-state index is -0.106. The van der Waals surface area contributed by atoms with Crippen molar-refractivity contribution in [2.45, 2.75) is 26.3 Å². The number of hydrogen-bond donors (Lipinski definition) is 1. The van der Waals surface area contributed by atoms with Crippen molar-refractivity contribution in [3.63, 3.8) is 0 Å². The highest BCUT2D eigenvalue weighted by molar-refractivity contribution is 5.81. The van der Waals surface area contributed by atoms with Crippen LogP contribution in [0.1, 0.15) is 32.1 Å². The average molecular weight is 422 g/mol. The molecule has 0 amide bonds. The molecule has 0 aliphatic carbocycles. The van der Waals surface area contributed by atoms with Crippen LogP contribution >= 0.6 is 0 Å². The molecule has 4 rings (SSSR count). The molecule has 0 spiro atoms. The second kappa shape index (κ2) is 9.08. The van der Waals surface area contributed by atoms with E-state index < -0.39 is 0 Å². The van der Waals surface area contributed by atoms with E-state index in [1.807, 2.05) is 31.2 Å². The van der Waals surface area contributed by atoms with Crippen LogP contribution in [0.4, 0.5) is 5.69 Å². The van der Waals surface area contributed by atoms with Crippen LogP contribution in [0.5, 0.6) is 5.75 Å². The predicted octanol–water partition coefficient (Wildman–Crippen LogP) is 3.07. The van der Waals surface area contributed by atoms with E-state index in [9.17, 15) is 4.79 Å². The third-order valence-corrected chi connectivity index (χ3v) is 6.00. The van der Waals surface area contributed by atoms with E-state index in [0.717, 1.165) is 38.3 Å². The number of rotatable bonds is 5. The summed E-state index contributed by atoms with van der Waals surface area (Å²) in [7, 11) is 2.15. The molecule has 1 atom stereocenters. The zero-order chi connectivity index (χ0) is 22.0. The molecule has 164 valence electrons. The Kier molecular flexibility index (Phi) is 6.25. The maximum atomic E-state index is 13.7. The molecule has 0 radical (unpaired) electrons. The Labute approximate surface area is 183 Å². The summed E-state index contributed by atoms with van der Waals surface area (Å²) in [4.78, 5) is 23.4. The van der Waals surface area contributed by atoms with Crippen molar-refractivity contribution < 1.29 is 4.74 Å². The number of anilines is 1. The summed E-state index contributed by atoms with van der Waals surface area (Å²) in [5.41, 5.74) is 7.85. The molecule has 2 heterocycles. The Hall–Kier alpha value is -2.90. The second-order valence-corrected chi connectivity index (χ2v) is 8.16. The van der Waals surface area contributed by atoms with Crippen LogP contribution in [0.2, 0.25) is 0 Å². The first-order chi connectivity index (χ1) is 15.0. The summed E-state index contributed by atoms with van der Waals surface area (Å²) in [6, 6.07) is 12.9. The molecule has 2 aromatic carbocycles. The van der Waals surface area contributed by atoms with Crippen molar-refractivity contribution in [2.75, 3.05) is 45.6 Å². The van der Waals surface area contributed by atoms with E-state index in [2.05, 4.69) is 23.8 Å². The van der Waals surface area contributed by atoms with Crippen molar-refractivity contribution >= 4 is 16.6 Å². The quantitative estimate of drug-likeness (QED) is 0.638. The van der Waals surface area contributed by atoms with Gasteiger partial charge in [0, 0.05) is 25.3 Å². The summed E-state index contributed by atoms with van der Waals surface area (Å²) in [6.45, 7) is 8.55. The molecule has 1 aliphatic heterocycles.